The van der Waals surface area contributed by atoms with Crippen LogP contribution < -0.4 is 10.6 Å². The lowest BCUT2D eigenvalue weighted by Gasteiger charge is -2.20. The van der Waals surface area contributed by atoms with Gasteiger partial charge in [0.25, 0.3) is 0 Å². The van der Waals surface area contributed by atoms with E-state index in [-0.39, 0.29) is 47.7 Å². The van der Waals surface area contributed by atoms with Gasteiger partial charge in [-0.2, -0.15) is 0 Å². The number of guanidine groups is 1. The highest BCUT2D eigenvalue weighted by Crippen LogP contribution is 2.47. The first-order valence-corrected chi connectivity index (χ1v) is 8.81. The van der Waals surface area contributed by atoms with Gasteiger partial charge in [0, 0.05) is 32.6 Å². The van der Waals surface area contributed by atoms with Crippen molar-refractivity contribution in [1.82, 2.24) is 15.5 Å². The van der Waals surface area contributed by atoms with E-state index in [1.165, 1.54) is 11.0 Å². The minimum atomic E-state index is -0.202. The maximum absolute atomic E-state index is 13.5. The molecule has 7 heteroatoms. The van der Waals surface area contributed by atoms with Crippen LogP contribution in [0.3, 0.4) is 0 Å². The van der Waals surface area contributed by atoms with E-state index >= 15 is 0 Å². The standard InChI is InChI=1S/C19H29FN4O.HI/c1-14(2)11-21-18(22-12-17(25)24(3)4)23-13-19(8-9-19)15-6-5-7-16(20)10-15;/h5-7,10,14H,8-9,11-13H2,1-4H3,(H2,21,22,23);1H. The van der Waals surface area contributed by atoms with Gasteiger partial charge in [-0.3, -0.25) is 4.79 Å². The topological polar surface area (TPSA) is 56.7 Å². The van der Waals surface area contributed by atoms with Crippen LogP contribution in [0.15, 0.2) is 29.3 Å². The highest BCUT2D eigenvalue weighted by atomic mass is 127. The first kappa shape index (κ1) is 22.7. The molecule has 0 aromatic heterocycles. The molecular weight excluding hydrogens is 446 g/mol. The number of halogens is 2. The Hall–Kier alpha value is -1.38. The van der Waals surface area contributed by atoms with Crippen molar-refractivity contribution >= 4 is 35.8 Å². The number of rotatable bonds is 7. The summed E-state index contributed by atoms with van der Waals surface area (Å²) in [5.41, 5.74) is 0.987. The summed E-state index contributed by atoms with van der Waals surface area (Å²) in [6, 6.07) is 6.82. The molecule has 0 radical (unpaired) electrons. The van der Waals surface area contributed by atoms with E-state index in [9.17, 15) is 9.18 Å². The molecule has 1 aliphatic carbocycles. The molecule has 0 spiro atoms. The van der Waals surface area contributed by atoms with E-state index in [1.807, 2.05) is 6.07 Å². The first-order chi connectivity index (χ1) is 11.8. The molecule has 1 aromatic carbocycles. The SMILES string of the molecule is CC(C)CNC(=NCC(=O)N(C)C)NCC1(c2cccc(F)c2)CC1.I. The molecule has 1 aliphatic rings. The Labute approximate surface area is 172 Å². The van der Waals surface area contributed by atoms with Crippen LogP contribution in [-0.4, -0.2) is 50.5 Å². The summed E-state index contributed by atoms with van der Waals surface area (Å²) in [7, 11) is 3.44. The predicted octanol–water partition coefficient (Wildman–Crippen LogP) is 2.75. The number of nitrogens with zero attached hydrogens (tertiary/aromatic N) is 2. The molecule has 26 heavy (non-hydrogen) atoms. The molecule has 5 nitrogen and oxygen atoms in total. The Bertz CT molecular complexity index is 630. The molecule has 0 heterocycles. The van der Waals surface area contributed by atoms with Crippen molar-refractivity contribution in [3.8, 4) is 0 Å². The summed E-state index contributed by atoms with van der Waals surface area (Å²) in [6.07, 6.45) is 2.05. The predicted molar refractivity (Wildman–Crippen MR) is 115 cm³/mol. The average Bonchev–Trinajstić information content (AvgIpc) is 3.34. The lowest BCUT2D eigenvalue weighted by atomic mass is 9.96. The fourth-order valence-electron chi connectivity index (χ4n) is 2.55. The Morgan fingerprint density at radius 2 is 2.00 bits per heavy atom. The van der Waals surface area contributed by atoms with E-state index in [1.54, 1.807) is 26.2 Å². The van der Waals surface area contributed by atoms with Gasteiger partial charge in [-0.1, -0.05) is 26.0 Å². The first-order valence-electron chi connectivity index (χ1n) is 8.81. The van der Waals surface area contributed by atoms with Crippen molar-refractivity contribution in [1.29, 1.82) is 0 Å². The molecule has 146 valence electrons. The van der Waals surface area contributed by atoms with Gasteiger partial charge in [-0.05, 0) is 36.5 Å². The highest BCUT2D eigenvalue weighted by Gasteiger charge is 2.44. The smallest absolute Gasteiger partial charge is 0.243 e. The normalized spacial score (nSPS) is 15.2. The van der Waals surface area contributed by atoms with Crippen molar-refractivity contribution in [2.75, 3.05) is 33.7 Å². The van der Waals surface area contributed by atoms with E-state index in [4.69, 9.17) is 0 Å². The van der Waals surface area contributed by atoms with Crippen molar-refractivity contribution in [3.63, 3.8) is 0 Å². The second kappa shape index (κ2) is 10.1. The van der Waals surface area contributed by atoms with Crippen LogP contribution in [0, 0.1) is 11.7 Å². The molecule has 0 saturated heterocycles. The number of hydrogen-bond acceptors (Lipinski definition) is 2. The van der Waals surface area contributed by atoms with Gasteiger partial charge in [0.05, 0.1) is 0 Å². The van der Waals surface area contributed by atoms with Crippen LogP contribution in [0.2, 0.25) is 0 Å². The third-order valence-corrected chi connectivity index (χ3v) is 4.43. The fraction of sp³-hybridized carbons (Fsp3) is 0.579. The summed E-state index contributed by atoms with van der Waals surface area (Å²) in [6.45, 7) is 5.79. The largest absolute Gasteiger partial charge is 0.356 e. The lowest BCUT2D eigenvalue weighted by molar-refractivity contribution is -0.127. The third-order valence-electron chi connectivity index (χ3n) is 4.43. The van der Waals surface area contributed by atoms with Crippen molar-refractivity contribution in [2.45, 2.75) is 32.1 Å². The van der Waals surface area contributed by atoms with Crippen molar-refractivity contribution in [3.05, 3.63) is 35.6 Å². The second-order valence-electron chi connectivity index (χ2n) is 7.37. The number of likely N-dealkylation sites (N-methyl/N-ethyl adjacent to an activating group) is 1. The summed E-state index contributed by atoms with van der Waals surface area (Å²) in [4.78, 5) is 17.7. The van der Waals surface area contributed by atoms with E-state index in [0.29, 0.717) is 18.4 Å². The molecule has 1 saturated carbocycles. The summed E-state index contributed by atoms with van der Waals surface area (Å²) < 4.78 is 13.5. The Kier molecular flexibility index (Phi) is 8.79. The zero-order chi connectivity index (χ0) is 18.4. The highest BCUT2D eigenvalue weighted by molar-refractivity contribution is 14.0. The van der Waals surface area contributed by atoms with Crippen LogP contribution in [0.5, 0.6) is 0 Å². The van der Waals surface area contributed by atoms with Crippen LogP contribution in [0.1, 0.15) is 32.3 Å². The van der Waals surface area contributed by atoms with E-state index in [2.05, 4.69) is 29.5 Å². The number of nitrogens with one attached hydrogen (secondary N) is 2. The van der Waals surface area contributed by atoms with E-state index < -0.39 is 0 Å². The minimum Gasteiger partial charge on any atom is -0.356 e. The van der Waals surface area contributed by atoms with Gasteiger partial charge in [0.15, 0.2) is 5.96 Å². The zero-order valence-corrected chi connectivity index (χ0v) is 18.3. The fourth-order valence-corrected chi connectivity index (χ4v) is 2.55. The number of hydrogen-bond donors (Lipinski definition) is 2. The Balaban J connectivity index is 0.00000338. The lowest BCUT2D eigenvalue weighted by Crippen LogP contribution is -2.43. The average molecular weight is 476 g/mol. The quantitative estimate of drug-likeness (QED) is 0.362. The molecule has 0 atom stereocenters. The maximum atomic E-state index is 13.5. The number of benzene rings is 1. The monoisotopic (exact) mass is 476 g/mol. The summed E-state index contributed by atoms with van der Waals surface area (Å²) in [5, 5.41) is 6.61. The number of amides is 1. The van der Waals surface area contributed by atoms with Gasteiger partial charge in [-0.15, -0.1) is 24.0 Å². The number of carbonyl (C=O) groups excluding carboxylic acids is 1. The van der Waals surface area contributed by atoms with Gasteiger partial charge < -0.3 is 15.5 Å². The number of aliphatic imine (C=N–C) groups is 1. The minimum absolute atomic E-state index is 0. The van der Waals surface area contributed by atoms with Crippen LogP contribution in [0.4, 0.5) is 4.39 Å². The maximum Gasteiger partial charge on any atom is 0.243 e. The van der Waals surface area contributed by atoms with Crippen LogP contribution in [0.25, 0.3) is 0 Å². The molecule has 1 aromatic rings. The molecular formula is C19H30FIN4O. The summed E-state index contributed by atoms with van der Waals surface area (Å²) >= 11 is 0. The molecule has 1 fully saturated rings. The third kappa shape index (κ3) is 6.74. The summed E-state index contributed by atoms with van der Waals surface area (Å²) in [5.74, 6) is 0.852. The van der Waals surface area contributed by atoms with Gasteiger partial charge in [-0.25, -0.2) is 9.38 Å². The van der Waals surface area contributed by atoms with Crippen molar-refractivity contribution < 1.29 is 9.18 Å². The van der Waals surface area contributed by atoms with Gasteiger partial charge in [0.1, 0.15) is 12.4 Å². The van der Waals surface area contributed by atoms with Gasteiger partial charge >= 0.3 is 0 Å². The van der Waals surface area contributed by atoms with E-state index in [0.717, 1.165) is 24.9 Å². The van der Waals surface area contributed by atoms with Crippen LogP contribution >= 0.6 is 24.0 Å². The molecule has 2 rings (SSSR count). The molecule has 0 bridgehead atoms. The molecule has 0 unspecified atom stereocenters. The number of carbonyl (C=O) groups is 1. The molecule has 2 N–H and O–H groups in total. The molecule has 1 amide bonds. The second-order valence-corrected chi connectivity index (χ2v) is 7.37. The van der Waals surface area contributed by atoms with Crippen molar-refractivity contribution in [2.24, 2.45) is 10.9 Å². The Morgan fingerprint density at radius 1 is 1.31 bits per heavy atom. The Morgan fingerprint density at radius 3 is 2.54 bits per heavy atom. The van der Waals surface area contributed by atoms with Crippen LogP contribution in [-0.2, 0) is 10.2 Å². The van der Waals surface area contributed by atoms with Gasteiger partial charge in [0.2, 0.25) is 5.91 Å². The molecule has 0 aliphatic heterocycles. The zero-order valence-electron chi connectivity index (χ0n) is 16.0.